The number of hydrogen-bond donors (Lipinski definition) is 1. The second-order valence-corrected chi connectivity index (χ2v) is 14.1. The summed E-state index contributed by atoms with van der Waals surface area (Å²) in [7, 11) is -3.87. The predicted molar refractivity (Wildman–Crippen MR) is 154 cm³/mol. The summed E-state index contributed by atoms with van der Waals surface area (Å²) in [6.07, 6.45) is 2.85. The van der Waals surface area contributed by atoms with Gasteiger partial charge < -0.3 is 14.7 Å². The van der Waals surface area contributed by atoms with Crippen LogP contribution >= 0.6 is 0 Å². The molecule has 0 bridgehead atoms. The molecule has 5 rings (SSSR count). The van der Waals surface area contributed by atoms with Gasteiger partial charge in [-0.05, 0) is 88.6 Å². The summed E-state index contributed by atoms with van der Waals surface area (Å²) in [6, 6.07) is 12.3. The maximum absolute atomic E-state index is 14.2. The normalized spacial score (nSPS) is 23.4. The maximum atomic E-state index is 14.2. The number of aryl methyl sites for hydroxylation is 1. The van der Waals surface area contributed by atoms with Crippen LogP contribution in [0.15, 0.2) is 53.4 Å². The van der Waals surface area contributed by atoms with Gasteiger partial charge in [0.2, 0.25) is 0 Å². The van der Waals surface area contributed by atoms with E-state index >= 15 is 0 Å². The van der Waals surface area contributed by atoms with Crippen molar-refractivity contribution < 1.29 is 23.1 Å². The highest BCUT2D eigenvalue weighted by Gasteiger charge is 2.42. The number of hydrogen-bond acceptors (Lipinski definition) is 6. The number of anilines is 2. The van der Waals surface area contributed by atoms with Crippen LogP contribution in [0.3, 0.4) is 0 Å². The molecule has 8 nitrogen and oxygen atoms in total. The molecule has 1 saturated heterocycles. The third kappa shape index (κ3) is 5.32. The van der Waals surface area contributed by atoms with Gasteiger partial charge in [0.15, 0.2) is 0 Å². The van der Waals surface area contributed by atoms with E-state index in [2.05, 4.69) is 30.9 Å². The van der Waals surface area contributed by atoms with Gasteiger partial charge in [-0.25, -0.2) is 8.42 Å². The molecule has 210 valence electrons. The van der Waals surface area contributed by atoms with E-state index in [9.17, 15) is 18.3 Å². The quantitative estimate of drug-likeness (QED) is 0.582. The summed E-state index contributed by atoms with van der Waals surface area (Å²) in [6.45, 7) is 13.8. The molecule has 1 N–H and O–H groups in total. The molecule has 2 aromatic carbocycles. The average Bonchev–Trinajstić information content (AvgIpc) is 2.85. The number of sulfonamides is 1. The van der Waals surface area contributed by atoms with Crippen molar-refractivity contribution in [3.8, 4) is 0 Å². The van der Waals surface area contributed by atoms with E-state index < -0.39 is 27.6 Å². The minimum absolute atomic E-state index is 0.168. The average molecular weight is 554 g/mol. The van der Waals surface area contributed by atoms with Gasteiger partial charge in [0.25, 0.3) is 10.0 Å². The van der Waals surface area contributed by atoms with Crippen molar-refractivity contribution >= 4 is 32.9 Å². The van der Waals surface area contributed by atoms with Gasteiger partial charge in [-0.2, -0.15) is 0 Å². The molecule has 0 saturated carbocycles. The molecular formula is C30H39N3O5S. The van der Waals surface area contributed by atoms with Crippen LogP contribution in [0.1, 0.15) is 52.2 Å². The largest absolute Gasteiger partial charge is 0.480 e. The maximum Gasteiger partial charge on any atom is 0.320 e. The Bertz CT molecular complexity index is 1430. The second kappa shape index (κ2) is 9.64. The fraction of sp³-hybridized carbons (Fsp3) is 0.500. The van der Waals surface area contributed by atoms with Crippen LogP contribution in [0.4, 0.5) is 11.4 Å². The Labute approximate surface area is 231 Å². The van der Waals surface area contributed by atoms with Crippen LogP contribution in [-0.4, -0.2) is 73.9 Å². The molecule has 2 aromatic rings. The fourth-order valence-corrected chi connectivity index (χ4v) is 7.95. The molecule has 9 heteroatoms. The minimum atomic E-state index is -3.87. The van der Waals surface area contributed by atoms with Gasteiger partial charge >= 0.3 is 5.97 Å². The highest BCUT2D eigenvalue weighted by atomic mass is 32.2. The zero-order valence-electron chi connectivity index (χ0n) is 23.6. The van der Waals surface area contributed by atoms with Crippen molar-refractivity contribution in [1.29, 1.82) is 0 Å². The first kappa shape index (κ1) is 27.7. The number of fused-ring (bicyclic) bond motifs is 3. The van der Waals surface area contributed by atoms with Crippen LogP contribution < -0.4 is 9.21 Å². The van der Waals surface area contributed by atoms with E-state index in [-0.39, 0.29) is 23.1 Å². The Balaban J connectivity index is 1.61. The predicted octanol–water partition coefficient (Wildman–Crippen LogP) is 4.53. The molecule has 39 heavy (non-hydrogen) atoms. The van der Waals surface area contributed by atoms with Crippen LogP contribution in [0, 0.1) is 6.92 Å². The SMILES string of the molecule is Cc1cccc(S(=O)(=O)N2C[C@@H]3CN(C(C)C(=O)O)CCN3c3ccc(C4=CC(C)(C)OC(C)(C)C4)cc32)c1. The molecular weight excluding hydrogens is 514 g/mol. The number of carboxylic acids is 1. The standard InChI is InChI=1S/C30H39N3O5S/c1-20-8-7-9-25(14-20)39(36,37)33-19-24-18-31(21(2)28(34)35)12-13-32(24)26-11-10-22(15-27(26)33)23-16-29(3,4)38-30(5,6)17-23/h7-11,14-16,21,24H,12-13,17-19H2,1-6H3,(H,34,35)/t21?,24-/m0/s1. The zero-order valence-corrected chi connectivity index (χ0v) is 24.5. The van der Waals surface area contributed by atoms with E-state index in [0.717, 1.165) is 22.4 Å². The van der Waals surface area contributed by atoms with Crippen molar-refractivity contribution in [2.75, 3.05) is 35.4 Å². The number of carbonyl (C=O) groups is 1. The smallest absolute Gasteiger partial charge is 0.320 e. The summed E-state index contributed by atoms with van der Waals surface area (Å²) in [5, 5.41) is 9.60. The van der Waals surface area contributed by atoms with E-state index in [4.69, 9.17) is 4.74 Å². The summed E-state index contributed by atoms with van der Waals surface area (Å²) in [5.74, 6) is -0.871. The third-order valence-electron chi connectivity index (χ3n) is 7.98. The number of nitrogens with zero attached hydrogens (tertiary/aromatic N) is 3. The van der Waals surface area contributed by atoms with Crippen molar-refractivity contribution in [2.24, 2.45) is 0 Å². The minimum Gasteiger partial charge on any atom is -0.480 e. The lowest BCUT2D eigenvalue weighted by Gasteiger charge is -2.50. The molecule has 2 atom stereocenters. The first-order chi connectivity index (χ1) is 18.2. The third-order valence-corrected chi connectivity index (χ3v) is 9.75. The van der Waals surface area contributed by atoms with Crippen molar-refractivity contribution in [1.82, 2.24) is 4.90 Å². The molecule has 0 spiro atoms. The molecule has 0 radical (unpaired) electrons. The summed E-state index contributed by atoms with van der Waals surface area (Å²) in [5.41, 5.74) is 3.72. The molecule has 3 aliphatic rings. The van der Waals surface area contributed by atoms with Crippen molar-refractivity contribution in [3.63, 3.8) is 0 Å². The Kier molecular flexibility index (Phi) is 6.84. The Morgan fingerprint density at radius 3 is 2.46 bits per heavy atom. The van der Waals surface area contributed by atoms with E-state index in [1.165, 1.54) is 4.31 Å². The number of ether oxygens (including phenoxy) is 1. The van der Waals surface area contributed by atoms with Crippen LogP contribution in [0.5, 0.6) is 0 Å². The molecule has 3 heterocycles. The van der Waals surface area contributed by atoms with Gasteiger partial charge in [0.1, 0.15) is 6.04 Å². The van der Waals surface area contributed by atoms with Gasteiger partial charge in [0.05, 0.1) is 40.1 Å². The first-order valence-electron chi connectivity index (χ1n) is 13.6. The topological polar surface area (TPSA) is 90.4 Å². The highest BCUT2D eigenvalue weighted by Crippen LogP contribution is 2.44. The number of carboxylic acid groups (broad SMARTS) is 1. The lowest BCUT2D eigenvalue weighted by molar-refractivity contribution is -0.142. The highest BCUT2D eigenvalue weighted by molar-refractivity contribution is 7.92. The molecule has 1 unspecified atom stereocenters. The lowest BCUT2D eigenvalue weighted by Crippen LogP contribution is -2.62. The van der Waals surface area contributed by atoms with E-state index in [1.807, 2.05) is 43.9 Å². The van der Waals surface area contributed by atoms with Gasteiger partial charge in [-0.1, -0.05) is 18.2 Å². The van der Waals surface area contributed by atoms with Gasteiger partial charge in [-0.3, -0.25) is 14.0 Å². The Hall–Kier alpha value is -2.88. The lowest BCUT2D eigenvalue weighted by atomic mass is 9.85. The van der Waals surface area contributed by atoms with Crippen molar-refractivity contribution in [3.05, 3.63) is 59.7 Å². The Morgan fingerprint density at radius 2 is 1.79 bits per heavy atom. The monoisotopic (exact) mass is 553 g/mol. The number of piperazine rings is 1. The number of aliphatic carboxylic acids is 1. The van der Waals surface area contributed by atoms with E-state index in [0.29, 0.717) is 31.7 Å². The fourth-order valence-electron chi connectivity index (χ4n) is 6.34. The molecule has 3 aliphatic heterocycles. The molecule has 1 fully saturated rings. The number of benzene rings is 2. The second-order valence-electron chi connectivity index (χ2n) is 12.2. The number of rotatable bonds is 5. The van der Waals surface area contributed by atoms with Crippen LogP contribution in [0.2, 0.25) is 0 Å². The van der Waals surface area contributed by atoms with E-state index in [1.54, 1.807) is 25.1 Å². The van der Waals surface area contributed by atoms with Gasteiger partial charge in [0, 0.05) is 26.1 Å². The molecule has 0 amide bonds. The zero-order chi connectivity index (χ0) is 28.3. The molecule has 0 aromatic heterocycles. The first-order valence-corrected chi connectivity index (χ1v) is 15.0. The Morgan fingerprint density at radius 1 is 1.05 bits per heavy atom. The van der Waals surface area contributed by atoms with Crippen LogP contribution in [-0.2, 0) is 19.6 Å². The summed E-state index contributed by atoms with van der Waals surface area (Å²) < 4.78 is 36.1. The summed E-state index contributed by atoms with van der Waals surface area (Å²) >= 11 is 0. The van der Waals surface area contributed by atoms with Crippen LogP contribution in [0.25, 0.3) is 5.57 Å². The summed E-state index contributed by atoms with van der Waals surface area (Å²) in [4.78, 5) is 16.1. The van der Waals surface area contributed by atoms with Gasteiger partial charge in [-0.15, -0.1) is 0 Å². The van der Waals surface area contributed by atoms with Crippen molar-refractivity contribution in [2.45, 2.75) is 76.1 Å². The molecule has 0 aliphatic carbocycles.